The van der Waals surface area contributed by atoms with Crippen molar-refractivity contribution in [2.45, 2.75) is 11.7 Å². The number of benzene rings is 1. The summed E-state index contributed by atoms with van der Waals surface area (Å²) in [5, 5.41) is 2.54. The number of anilines is 1. The van der Waals surface area contributed by atoms with Gasteiger partial charge in [0.25, 0.3) is 0 Å². The molecule has 0 saturated carbocycles. The van der Waals surface area contributed by atoms with Crippen molar-refractivity contribution < 1.29 is 4.79 Å². The molecule has 2 heterocycles. The maximum absolute atomic E-state index is 12.0. The number of nitrogens with zero attached hydrogens (tertiary/aromatic N) is 1. The zero-order valence-corrected chi connectivity index (χ0v) is 13.2. The minimum Gasteiger partial charge on any atom is -0.298 e. The van der Waals surface area contributed by atoms with Gasteiger partial charge in [-0.3, -0.25) is 20.6 Å². The van der Waals surface area contributed by atoms with Crippen molar-refractivity contribution in [3.05, 3.63) is 36.7 Å². The Balaban J connectivity index is 1.59. The third kappa shape index (κ3) is 3.83. The number of amides is 1. The van der Waals surface area contributed by atoms with Crippen LogP contribution >= 0.6 is 23.5 Å². The van der Waals surface area contributed by atoms with Crippen LogP contribution in [0.3, 0.4) is 0 Å². The smallest absolute Gasteiger partial charge is 0.239 e. The fraction of sp³-hybridized carbons (Fsp3) is 0.333. The number of hydrogen-bond donors (Lipinski definition) is 2. The van der Waals surface area contributed by atoms with Crippen molar-refractivity contribution in [3.8, 4) is 0 Å². The first kappa shape index (κ1) is 14.5. The highest BCUT2D eigenvalue weighted by molar-refractivity contribution is 8.06. The molecule has 3 rings (SSSR count). The molecule has 1 amide bonds. The average Bonchev–Trinajstić information content (AvgIpc) is 2.54. The molecular weight excluding hydrogens is 302 g/mol. The highest BCUT2D eigenvalue weighted by Crippen LogP contribution is 2.26. The fourth-order valence-corrected chi connectivity index (χ4v) is 4.96. The highest BCUT2D eigenvalue weighted by atomic mass is 32.2. The van der Waals surface area contributed by atoms with E-state index in [0.29, 0.717) is 11.7 Å². The van der Waals surface area contributed by atoms with E-state index in [1.165, 1.54) is 5.75 Å². The second kappa shape index (κ2) is 7.04. The first-order valence-corrected chi connectivity index (χ1v) is 9.10. The van der Waals surface area contributed by atoms with Crippen LogP contribution in [-0.2, 0) is 4.79 Å². The Morgan fingerprint density at radius 1 is 1.33 bits per heavy atom. The van der Waals surface area contributed by atoms with Crippen molar-refractivity contribution in [1.82, 2.24) is 10.4 Å². The summed E-state index contributed by atoms with van der Waals surface area (Å²) in [6.07, 6.45) is 4.14. The molecule has 2 aromatic rings. The molecule has 1 aromatic carbocycles. The molecule has 4 nitrogen and oxygen atoms in total. The van der Waals surface area contributed by atoms with Gasteiger partial charge in [-0.15, -0.1) is 0 Å². The van der Waals surface area contributed by atoms with Crippen molar-refractivity contribution in [3.63, 3.8) is 0 Å². The summed E-state index contributed by atoms with van der Waals surface area (Å²) in [6, 6.07) is 7.85. The van der Waals surface area contributed by atoms with E-state index in [4.69, 9.17) is 0 Å². The molecule has 1 aliphatic heterocycles. The molecule has 1 fully saturated rings. The largest absolute Gasteiger partial charge is 0.298 e. The van der Waals surface area contributed by atoms with Gasteiger partial charge in [0.2, 0.25) is 5.91 Å². The van der Waals surface area contributed by atoms with E-state index in [1.807, 2.05) is 54.0 Å². The van der Waals surface area contributed by atoms with Crippen LogP contribution in [0.1, 0.15) is 6.42 Å². The summed E-state index contributed by atoms with van der Waals surface area (Å²) in [4.78, 5) is 16.1. The van der Waals surface area contributed by atoms with Crippen LogP contribution in [0.15, 0.2) is 36.7 Å². The molecule has 1 aromatic heterocycles. The minimum absolute atomic E-state index is 0.0426. The summed E-state index contributed by atoms with van der Waals surface area (Å²) in [5.41, 5.74) is 6.74. The molecule has 0 radical (unpaired) electrons. The van der Waals surface area contributed by atoms with E-state index >= 15 is 0 Å². The molecule has 1 unspecified atom stereocenters. The number of hydrogen-bond acceptors (Lipinski definition) is 5. The monoisotopic (exact) mass is 319 g/mol. The van der Waals surface area contributed by atoms with Crippen LogP contribution in [0.2, 0.25) is 0 Å². The Bertz CT molecular complexity index is 624. The SMILES string of the molecule is O=C(CC1CSCCS1)NNc1cccc2cnccc12. The molecule has 0 spiro atoms. The Morgan fingerprint density at radius 3 is 3.14 bits per heavy atom. The Kier molecular flexibility index (Phi) is 4.87. The highest BCUT2D eigenvalue weighted by Gasteiger charge is 2.17. The van der Waals surface area contributed by atoms with Crippen LogP contribution in [0, 0.1) is 0 Å². The first-order chi connectivity index (χ1) is 10.3. The molecule has 6 heteroatoms. The van der Waals surface area contributed by atoms with Crippen molar-refractivity contribution in [2.75, 3.05) is 22.7 Å². The van der Waals surface area contributed by atoms with Crippen LogP contribution in [0.25, 0.3) is 10.8 Å². The van der Waals surface area contributed by atoms with Crippen LogP contribution < -0.4 is 10.9 Å². The van der Waals surface area contributed by atoms with E-state index in [1.54, 1.807) is 6.20 Å². The number of fused-ring (bicyclic) bond motifs is 1. The van der Waals surface area contributed by atoms with E-state index in [0.717, 1.165) is 28.0 Å². The van der Waals surface area contributed by atoms with Crippen LogP contribution in [0.5, 0.6) is 0 Å². The lowest BCUT2D eigenvalue weighted by molar-refractivity contribution is -0.120. The topological polar surface area (TPSA) is 54.0 Å². The van der Waals surface area contributed by atoms with Gasteiger partial charge in [0.05, 0.1) is 5.69 Å². The Hall–Kier alpha value is -1.40. The maximum Gasteiger partial charge on any atom is 0.239 e. The maximum atomic E-state index is 12.0. The van der Waals surface area contributed by atoms with E-state index in [9.17, 15) is 4.79 Å². The Morgan fingerprint density at radius 2 is 2.29 bits per heavy atom. The Labute approximate surface area is 132 Å². The number of nitrogens with one attached hydrogen (secondary N) is 2. The molecule has 0 bridgehead atoms. The van der Waals surface area contributed by atoms with E-state index in [2.05, 4.69) is 15.8 Å². The predicted molar refractivity (Wildman–Crippen MR) is 91.7 cm³/mol. The third-order valence-corrected chi connectivity index (χ3v) is 6.16. The first-order valence-electron chi connectivity index (χ1n) is 6.90. The van der Waals surface area contributed by atoms with Crippen molar-refractivity contribution >= 4 is 45.9 Å². The van der Waals surface area contributed by atoms with Gasteiger partial charge >= 0.3 is 0 Å². The number of thioether (sulfide) groups is 2. The summed E-state index contributed by atoms with van der Waals surface area (Å²) in [7, 11) is 0. The number of pyridine rings is 1. The normalized spacial score (nSPS) is 18.4. The van der Waals surface area contributed by atoms with E-state index < -0.39 is 0 Å². The average molecular weight is 319 g/mol. The number of carbonyl (C=O) groups excluding carboxylic acids is 1. The lowest BCUT2D eigenvalue weighted by atomic mass is 10.1. The zero-order valence-electron chi connectivity index (χ0n) is 11.5. The molecule has 2 N–H and O–H groups in total. The summed E-state index contributed by atoms with van der Waals surface area (Å²) >= 11 is 3.83. The summed E-state index contributed by atoms with van der Waals surface area (Å²) in [5.74, 6) is 3.45. The van der Waals surface area contributed by atoms with Crippen LogP contribution in [-0.4, -0.2) is 33.4 Å². The standard InChI is InChI=1S/C15H17N3OS2/c19-15(8-12-10-20-6-7-21-12)18-17-14-3-1-2-11-9-16-5-4-13(11)14/h1-5,9,12,17H,6-8,10H2,(H,18,19). The molecule has 0 aliphatic carbocycles. The van der Waals surface area contributed by atoms with E-state index in [-0.39, 0.29) is 5.91 Å². The van der Waals surface area contributed by atoms with Gasteiger partial charge < -0.3 is 0 Å². The molecule has 1 saturated heterocycles. The van der Waals surface area contributed by atoms with Crippen molar-refractivity contribution in [2.24, 2.45) is 0 Å². The number of rotatable bonds is 4. The minimum atomic E-state index is 0.0426. The third-order valence-electron chi connectivity index (χ3n) is 3.32. The molecule has 110 valence electrons. The second-order valence-electron chi connectivity index (χ2n) is 4.85. The summed E-state index contributed by atoms with van der Waals surface area (Å²) < 4.78 is 0. The number of aromatic nitrogens is 1. The van der Waals surface area contributed by atoms with Gasteiger partial charge in [-0.1, -0.05) is 12.1 Å². The van der Waals surface area contributed by atoms with Gasteiger partial charge in [0, 0.05) is 52.1 Å². The van der Waals surface area contributed by atoms with Gasteiger partial charge in [-0.2, -0.15) is 23.5 Å². The predicted octanol–water partition coefficient (Wildman–Crippen LogP) is 2.92. The molecule has 21 heavy (non-hydrogen) atoms. The van der Waals surface area contributed by atoms with Gasteiger partial charge in [-0.05, 0) is 12.1 Å². The quantitative estimate of drug-likeness (QED) is 0.849. The number of hydrazine groups is 1. The van der Waals surface area contributed by atoms with Gasteiger partial charge in [-0.25, -0.2) is 0 Å². The molecular formula is C15H17N3OS2. The number of carbonyl (C=O) groups is 1. The summed E-state index contributed by atoms with van der Waals surface area (Å²) in [6.45, 7) is 0. The van der Waals surface area contributed by atoms with Crippen LogP contribution in [0.4, 0.5) is 5.69 Å². The second-order valence-corrected chi connectivity index (χ2v) is 7.41. The zero-order chi connectivity index (χ0) is 14.5. The fourth-order valence-electron chi connectivity index (χ4n) is 2.28. The van der Waals surface area contributed by atoms with Crippen molar-refractivity contribution in [1.29, 1.82) is 0 Å². The lowest BCUT2D eigenvalue weighted by Crippen LogP contribution is -2.32. The van der Waals surface area contributed by atoms with Gasteiger partial charge in [0.15, 0.2) is 0 Å². The molecule has 1 aliphatic rings. The molecule has 1 atom stereocenters. The lowest BCUT2D eigenvalue weighted by Gasteiger charge is -2.20. The van der Waals surface area contributed by atoms with Gasteiger partial charge in [0.1, 0.15) is 0 Å².